The number of hydrogen-bond donors (Lipinski definition) is 0. The summed E-state index contributed by atoms with van der Waals surface area (Å²) in [6.07, 6.45) is 0. The van der Waals surface area contributed by atoms with E-state index in [0.717, 1.165) is 120 Å². The largest absolute Gasteiger partial charge is 0.472 e. The minimum absolute atomic E-state index is 0.795. The molecule has 0 aromatic heterocycles. The normalized spacial score (nSPS) is 12.2. The molecule has 0 radical (unpaired) electrons. The fourth-order valence-electron chi connectivity index (χ4n) is 13.3. The Hall–Kier alpha value is -10.2. The molecule has 0 atom stereocenters. The standard InChI is InChI=1S/C85H56Br2O/c86-69-49-51-71-72-52-50-70(87)54-78(72)88-85(77(71)53-69,67-45-41-59(42-46-67)75-55-73(57-25-9-1-10-26-57)79(61-29-13-3-14-30-61)83(65-37-21-7-22-38-65)81(75)63-33-17-5-18-34-63)68-47-43-60(44-48-68)76-56-74(58-27-11-2-12-28-58)80(62-31-15-4-16-32-62)84(66-39-23-8-24-40-66)82(76)64-35-19-6-20-36-64/h1-56H. The fraction of sp³-hybridized carbons (Fsp3) is 0.0118. The van der Waals surface area contributed by atoms with Crippen LogP contribution in [0.2, 0.25) is 0 Å². The van der Waals surface area contributed by atoms with Crippen molar-refractivity contribution in [3.05, 3.63) is 365 Å². The van der Waals surface area contributed by atoms with Crippen molar-refractivity contribution in [1.29, 1.82) is 0 Å². The van der Waals surface area contributed by atoms with Crippen LogP contribution in [0.5, 0.6) is 5.75 Å². The fourth-order valence-corrected chi connectivity index (χ4v) is 14.0. The van der Waals surface area contributed by atoms with E-state index >= 15 is 0 Å². The summed E-state index contributed by atoms with van der Waals surface area (Å²) in [5.74, 6) is 0.795. The summed E-state index contributed by atoms with van der Waals surface area (Å²) in [6.45, 7) is 0. The molecule has 1 aliphatic heterocycles. The van der Waals surface area contributed by atoms with E-state index in [0.29, 0.717) is 0 Å². The lowest BCUT2D eigenvalue weighted by molar-refractivity contribution is 0.152. The quantitative estimate of drug-likeness (QED) is 0.118. The maximum absolute atomic E-state index is 7.82. The van der Waals surface area contributed by atoms with Gasteiger partial charge < -0.3 is 4.74 Å². The molecule has 3 heteroatoms. The van der Waals surface area contributed by atoms with E-state index in [1.807, 2.05) is 0 Å². The molecule has 0 fully saturated rings. The summed E-state index contributed by atoms with van der Waals surface area (Å²) in [5, 5.41) is 0. The van der Waals surface area contributed by atoms with Gasteiger partial charge in [-0.2, -0.15) is 0 Å². The predicted molar refractivity (Wildman–Crippen MR) is 375 cm³/mol. The van der Waals surface area contributed by atoms with Crippen molar-refractivity contribution in [2.24, 2.45) is 0 Å². The summed E-state index contributed by atoms with van der Waals surface area (Å²) in [5.41, 5.74) is 27.1. The Kier molecular flexibility index (Phi) is 14.6. The lowest BCUT2D eigenvalue weighted by Gasteiger charge is -2.41. The Bertz CT molecular complexity index is 4550. The SMILES string of the molecule is Brc1ccc2c(c1)OC(c1ccc(-c3cc(-c4ccccc4)c(-c4ccccc4)c(-c4ccccc4)c3-c3ccccc3)cc1)(c1ccc(-c3cc(-c4ccccc4)c(-c4ccccc4)c(-c4ccccc4)c3-c3ccccc3)cc1)c1cc(Br)ccc1-2. The number of rotatable bonds is 12. The highest BCUT2D eigenvalue weighted by Crippen LogP contribution is 2.56. The topological polar surface area (TPSA) is 9.23 Å². The van der Waals surface area contributed by atoms with Gasteiger partial charge in [-0.05, 0) is 159 Å². The molecule has 15 rings (SSSR count). The van der Waals surface area contributed by atoms with Crippen LogP contribution in [0.4, 0.5) is 0 Å². The molecule has 0 bridgehead atoms. The maximum atomic E-state index is 7.82. The molecule has 14 aromatic carbocycles. The van der Waals surface area contributed by atoms with Crippen molar-refractivity contribution in [1.82, 2.24) is 0 Å². The van der Waals surface area contributed by atoms with Crippen LogP contribution >= 0.6 is 31.9 Å². The Balaban J connectivity index is 0.974. The number of ether oxygens (including phenoxy) is 1. The first-order chi connectivity index (χ1) is 43.5. The van der Waals surface area contributed by atoms with Gasteiger partial charge in [-0.3, -0.25) is 0 Å². The molecular weight excluding hydrogens is 1200 g/mol. The van der Waals surface area contributed by atoms with E-state index in [1.54, 1.807) is 0 Å². The minimum atomic E-state index is -1.11. The zero-order valence-corrected chi connectivity index (χ0v) is 51.2. The molecule has 0 saturated carbocycles. The lowest BCUT2D eigenvalue weighted by atomic mass is 9.74. The lowest BCUT2D eigenvalue weighted by Crippen LogP contribution is -2.38. The predicted octanol–water partition coefficient (Wildman–Crippen LogP) is 24.2. The van der Waals surface area contributed by atoms with E-state index in [9.17, 15) is 0 Å². The van der Waals surface area contributed by atoms with Gasteiger partial charge in [-0.1, -0.05) is 329 Å². The molecule has 1 nitrogen and oxygen atoms in total. The average Bonchev–Trinajstić information content (AvgIpc) is 1.06. The summed E-state index contributed by atoms with van der Waals surface area (Å²) in [4.78, 5) is 0. The highest BCUT2D eigenvalue weighted by atomic mass is 79.9. The molecular formula is C85H56Br2O. The summed E-state index contributed by atoms with van der Waals surface area (Å²) >= 11 is 7.83. The first-order valence-corrected chi connectivity index (χ1v) is 31.4. The molecule has 0 amide bonds. The smallest absolute Gasteiger partial charge is 0.185 e. The Morgan fingerprint density at radius 2 is 0.466 bits per heavy atom. The van der Waals surface area contributed by atoms with Crippen LogP contribution in [-0.2, 0) is 5.60 Å². The zero-order valence-electron chi connectivity index (χ0n) is 48.0. The number of benzene rings is 14. The van der Waals surface area contributed by atoms with Crippen LogP contribution in [0.25, 0.3) is 122 Å². The molecule has 0 aliphatic carbocycles. The van der Waals surface area contributed by atoms with E-state index in [2.05, 4.69) is 372 Å². The molecule has 1 heterocycles. The molecule has 416 valence electrons. The number of hydrogen-bond acceptors (Lipinski definition) is 1. The van der Waals surface area contributed by atoms with Crippen molar-refractivity contribution in [3.8, 4) is 128 Å². The van der Waals surface area contributed by atoms with Gasteiger partial charge in [0.15, 0.2) is 5.60 Å². The Morgan fingerprint density at radius 3 is 0.784 bits per heavy atom. The molecule has 14 aromatic rings. The second-order valence-electron chi connectivity index (χ2n) is 22.4. The third-order valence-electron chi connectivity index (χ3n) is 17.3. The minimum Gasteiger partial charge on any atom is -0.472 e. The summed E-state index contributed by atoms with van der Waals surface area (Å²) in [6, 6.07) is 123. The first-order valence-electron chi connectivity index (χ1n) is 29.8. The third-order valence-corrected chi connectivity index (χ3v) is 18.2. The van der Waals surface area contributed by atoms with Crippen LogP contribution < -0.4 is 4.74 Å². The van der Waals surface area contributed by atoms with Gasteiger partial charge in [0, 0.05) is 31.2 Å². The highest BCUT2D eigenvalue weighted by Gasteiger charge is 2.45. The summed E-state index contributed by atoms with van der Waals surface area (Å²) in [7, 11) is 0. The van der Waals surface area contributed by atoms with Gasteiger partial charge >= 0.3 is 0 Å². The molecule has 88 heavy (non-hydrogen) atoms. The Morgan fingerprint density at radius 1 is 0.205 bits per heavy atom. The number of fused-ring (bicyclic) bond motifs is 3. The van der Waals surface area contributed by atoms with Gasteiger partial charge in [-0.25, -0.2) is 0 Å². The van der Waals surface area contributed by atoms with Crippen LogP contribution in [0.15, 0.2) is 349 Å². The maximum Gasteiger partial charge on any atom is 0.185 e. The van der Waals surface area contributed by atoms with Crippen LogP contribution in [-0.4, -0.2) is 0 Å². The second kappa shape index (κ2) is 23.6. The van der Waals surface area contributed by atoms with Crippen molar-refractivity contribution in [2.45, 2.75) is 5.60 Å². The van der Waals surface area contributed by atoms with Crippen molar-refractivity contribution < 1.29 is 4.74 Å². The van der Waals surface area contributed by atoms with Crippen molar-refractivity contribution in [2.75, 3.05) is 0 Å². The Labute approximate surface area is 531 Å². The summed E-state index contributed by atoms with van der Waals surface area (Å²) < 4.78 is 9.73. The van der Waals surface area contributed by atoms with Gasteiger partial charge in [0.05, 0.1) is 0 Å². The third kappa shape index (κ3) is 9.93. The van der Waals surface area contributed by atoms with Crippen molar-refractivity contribution >= 4 is 31.9 Å². The van der Waals surface area contributed by atoms with E-state index in [4.69, 9.17) is 4.74 Å². The number of halogens is 2. The molecule has 0 spiro atoms. The molecule has 0 unspecified atom stereocenters. The van der Waals surface area contributed by atoms with Gasteiger partial charge in [0.1, 0.15) is 5.75 Å². The van der Waals surface area contributed by atoms with Gasteiger partial charge in [0.25, 0.3) is 0 Å². The van der Waals surface area contributed by atoms with Crippen LogP contribution in [0, 0.1) is 0 Å². The molecule has 1 aliphatic rings. The van der Waals surface area contributed by atoms with Crippen LogP contribution in [0.1, 0.15) is 16.7 Å². The highest BCUT2D eigenvalue weighted by molar-refractivity contribution is 9.10. The van der Waals surface area contributed by atoms with E-state index in [1.165, 1.54) is 33.4 Å². The van der Waals surface area contributed by atoms with Gasteiger partial charge in [0.2, 0.25) is 0 Å². The van der Waals surface area contributed by atoms with E-state index in [-0.39, 0.29) is 0 Å². The van der Waals surface area contributed by atoms with Crippen molar-refractivity contribution in [3.63, 3.8) is 0 Å². The zero-order chi connectivity index (χ0) is 59.0. The van der Waals surface area contributed by atoms with Crippen LogP contribution in [0.3, 0.4) is 0 Å². The molecule has 0 N–H and O–H groups in total. The monoisotopic (exact) mass is 1250 g/mol. The molecule has 0 saturated heterocycles. The second-order valence-corrected chi connectivity index (χ2v) is 24.2. The first kappa shape index (κ1) is 54.5. The van der Waals surface area contributed by atoms with E-state index < -0.39 is 5.60 Å². The van der Waals surface area contributed by atoms with Gasteiger partial charge in [-0.15, -0.1) is 0 Å². The average molecular weight is 1250 g/mol.